The highest BCUT2D eigenvalue weighted by atomic mass is 32.2. The fourth-order valence-corrected chi connectivity index (χ4v) is 4.29. The van der Waals surface area contributed by atoms with Gasteiger partial charge in [0.2, 0.25) is 10.0 Å². The Labute approximate surface area is 127 Å². The van der Waals surface area contributed by atoms with E-state index in [-0.39, 0.29) is 6.54 Å². The monoisotopic (exact) mass is 324 g/mol. The van der Waals surface area contributed by atoms with Crippen LogP contribution in [0.2, 0.25) is 0 Å². The number of thiophene rings is 1. The van der Waals surface area contributed by atoms with Crippen LogP contribution in [-0.2, 0) is 23.1 Å². The van der Waals surface area contributed by atoms with E-state index in [0.29, 0.717) is 23.2 Å². The molecule has 6 nitrogen and oxygen atoms in total. The van der Waals surface area contributed by atoms with Gasteiger partial charge in [0, 0.05) is 23.7 Å². The number of sulfonamides is 1. The molecule has 0 aliphatic heterocycles. The van der Waals surface area contributed by atoms with Crippen LogP contribution in [0, 0.1) is 0 Å². The zero-order valence-electron chi connectivity index (χ0n) is 11.3. The van der Waals surface area contributed by atoms with E-state index in [4.69, 9.17) is 0 Å². The summed E-state index contributed by atoms with van der Waals surface area (Å²) in [5.74, 6) is 0. The highest BCUT2D eigenvalue weighted by Crippen LogP contribution is 2.24. The molecule has 2 aromatic heterocycles. The predicted molar refractivity (Wildman–Crippen MR) is 80.2 cm³/mol. The topological polar surface area (TPSA) is 84.0 Å². The zero-order valence-corrected chi connectivity index (χ0v) is 13.0. The van der Waals surface area contributed by atoms with E-state index in [2.05, 4.69) is 20.2 Å². The molecule has 21 heavy (non-hydrogen) atoms. The Morgan fingerprint density at radius 1 is 1.29 bits per heavy atom. The number of nitrogens with one attached hydrogen (secondary N) is 2. The van der Waals surface area contributed by atoms with Crippen molar-refractivity contribution in [3.05, 3.63) is 40.3 Å². The number of nitrogens with zero attached hydrogens (tertiary/aromatic N) is 2. The van der Waals surface area contributed by atoms with E-state index < -0.39 is 10.0 Å². The van der Waals surface area contributed by atoms with Gasteiger partial charge in [-0.2, -0.15) is 10.2 Å². The van der Waals surface area contributed by atoms with Crippen LogP contribution < -0.4 is 10.0 Å². The van der Waals surface area contributed by atoms with Crippen molar-refractivity contribution >= 4 is 21.4 Å². The van der Waals surface area contributed by atoms with Crippen LogP contribution in [0.3, 0.4) is 0 Å². The van der Waals surface area contributed by atoms with Gasteiger partial charge >= 0.3 is 0 Å². The molecule has 0 amide bonds. The van der Waals surface area contributed by atoms with Crippen molar-refractivity contribution in [3.63, 3.8) is 0 Å². The SMILES string of the molecule is O=S(=O)(NCc1cccnn1)c1ccsc1CNC1CC1. The molecule has 112 valence electrons. The fraction of sp³-hybridized carbons (Fsp3) is 0.385. The Morgan fingerprint density at radius 3 is 2.86 bits per heavy atom. The zero-order chi connectivity index (χ0) is 14.7. The predicted octanol–water partition coefficient (Wildman–Crippen LogP) is 1.27. The quantitative estimate of drug-likeness (QED) is 0.801. The van der Waals surface area contributed by atoms with Crippen LogP contribution >= 0.6 is 11.3 Å². The average molecular weight is 324 g/mol. The van der Waals surface area contributed by atoms with Crippen molar-refractivity contribution in [2.45, 2.75) is 36.9 Å². The van der Waals surface area contributed by atoms with Crippen molar-refractivity contribution in [3.8, 4) is 0 Å². The molecule has 1 saturated carbocycles. The lowest BCUT2D eigenvalue weighted by Gasteiger charge is -2.08. The number of hydrogen-bond donors (Lipinski definition) is 2. The summed E-state index contributed by atoms with van der Waals surface area (Å²) in [6, 6.07) is 5.66. The van der Waals surface area contributed by atoms with Gasteiger partial charge in [0.05, 0.1) is 17.1 Å². The third-order valence-electron chi connectivity index (χ3n) is 3.19. The molecule has 0 atom stereocenters. The molecular weight excluding hydrogens is 308 g/mol. The summed E-state index contributed by atoms with van der Waals surface area (Å²) in [6.45, 7) is 0.741. The van der Waals surface area contributed by atoms with Crippen LogP contribution in [0.5, 0.6) is 0 Å². The molecule has 8 heteroatoms. The van der Waals surface area contributed by atoms with Gasteiger partial charge in [-0.3, -0.25) is 0 Å². The Kier molecular flexibility index (Phi) is 4.29. The standard InChI is InChI=1S/C13H16N4O2S2/c18-21(19,16-8-11-2-1-6-15-17-11)13-5-7-20-12(13)9-14-10-3-4-10/h1-2,5-7,10,14,16H,3-4,8-9H2. The molecule has 1 aliphatic carbocycles. The van der Waals surface area contributed by atoms with Crippen molar-refractivity contribution in [2.75, 3.05) is 0 Å². The first-order valence-electron chi connectivity index (χ1n) is 6.71. The molecule has 2 heterocycles. The second kappa shape index (κ2) is 6.18. The van der Waals surface area contributed by atoms with Crippen molar-refractivity contribution in [1.82, 2.24) is 20.2 Å². The molecule has 3 rings (SSSR count). The van der Waals surface area contributed by atoms with E-state index in [0.717, 1.165) is 4.88 Å². The first kappa shape index (κ1) is 14.6. The Morgan fingerprint density at radius 2 is 2.14 bits per heavy atom. The Hall–Kier alpha value is -1.35. The molecule has 1 fully saturated rings. The summed E-state index contributed by atoms with van der Waals surface area (Å²) < 4.78 is 27.3. The fourth-order valence-electron chi connectivity index (χ4n) is 1.90. The van der Waals surface area contributed by atoms with E-state index in [1.165, 1.54) is 24.2 Å². The van der Waals surface area contributed by atoms with E-state index in [1.807, 2.05) is 0 Å². The van der Waals surface area contributed by atoms with Crippen molar-refractivity contribution in [2.24, 2.45) is 0 Å². The third kappa shape index (κ3) is 3.85. The van der Waals surface area contributed by atoms with Gasteiger partial charge in [-0.25, -0.2) is 13.1 Å². The lowest BCUT2D eigenvalue weighted by atomic mass is 10.4. The lowest BCUT2D eigenvalue weighted by Crippen LogP contribution is -2.25. The molecule has 0 saturated heterocycles. The van der Waals surface area contributed by atoms with Crippen LogP contribution in [0.25, 0.3) is 0 Å². The summed E-state index contributed by atoms with van der Waals surface area (Å²) in [5, 5.41) is 12.7. The minimum Gasteiger partial charge on any atom is -0.309 e. The van der Waals surface area contributed by atoms with E-state index in [1.54, 1.807) is 29.8 Å². The second-order valence-electron chi connectivity index (χ2n) is 4.90. The molecule has 0 bridgehead atoms. The summed E-state index contributed by atoms with van der Waals surface area (Å²) >= 11 is 1.46. The second-order valence-corrected chi connectivity index (χ2v) is 7.64. The van der Waals surface area contributed by atoms with Gasteiger partial charge in [0.1, 0.15) is 0 Å². The van der Waals surface area contributed by atoms with Crippen LogP contribution in [0.4, 0.5) is 0 Å². The molecular formula is C13H16N4O2S2. The van der Waals surface area contributed by atoms with Gasteiger partial charge < -0.3 is 5.32 Å². The van der Waals surface area contributed by atoms with Crippen LogP contribution in [0.1, 0.15) is 23.4 Å². The minimum atomic E-state index is -3.52. The Balaban J connectivity index is 1.67. The summed E-state index contributed by atoms with van der Waals surface area (Å²) in [4.78, 5) is 1.19. The molecule has 0 unspecified atom stereocenters. The maximum absolute atomic E-state index is 12.4. The average Bonchev–Trinajstić information content (AvgIpc) is 3.20. The maximum atomic E-state index is 12.4. The summed E-state index contributed by atoms with van der Waals surface area (Å²) in [6.07, 6.45) is 3.91. The van der Waals surface area contributed by atoms with Crippen LogP contribution in [-0.4, -0.2) is 24.7 Å². The highest BCUT2D eigenvalue weighted by Gasteiger charge is 2.23. The third-order valence-corrected chi connectivity index (χ3v) is 5.73. The number of rotatable bonds is 7. The summed E-state index contributed by atoms with van der Waals surface area (Å²) in [5.41, 5.74) is 0.592. The maximum Gasteiger partial charge on any atom is 0.242 e. The molecule has 2 N–H and O–H groups in total. The van der Waals surface area contributed by atoms with Gasteiger partial charge in [-0.15, -0.1) is 11.3 Å². The molecule has 1 aliphatic rings. The first-order chi connectivity index (χ1) is 10.1. The lowest BCUT2D eigenvalue weighted by molar-refractivity contribution is 0.578. The van der Waals surface area contributed by atoms with Crippen molar-refractivity contribution < 1.29 is 8.42 Å². The van der Waals surface area contributed by atoms with Gasteiger partial charge in [-0.05, 0) is 36.4 Å². The largest absolute Gasteiger partial charge is 0.309 e. The molecule has 0 radical (unpaired) electrons. The molecule has 0 aromatic carbocycles. The Bertz CT molecular complexity index is 696. The van der Waals surface area contributed by atoms with Gasteiger partial charge in [-0.1, -0.05) is 0 Å². The smallest absolute Gasteiger partial charge is 0.242 e. The number of aromatic nitrogens is 2. The molecule has 2 aromatic rings. The van der Waals surface area contributed by atoms with E-state index in [9.17, 15) is 8.42 Å². The van der Waals surface area contributed by atoms with Gasteiger partial charge in [0.25, 0.3) is 0 Å². The van der Waals surface area contributed by atoms with Crippen LogP contribution in [0.15, 0.2) is 34.7 Å². The first-order valence-corrected chi connectivity index (χ1v) is 9.07. The number of hydrogen-bond acceptors (Lipinski definition) is 6. The minimum absolute atomic E-state index is 0.140. The summed E-state index contributed by atoms with van der Waals surface area (Å²) in [7, 11) is -3.52. The van der Waals surface area contributed by atoms with Gasteiger partial charge in [0.15, 0.2) is 0 Å². The highest BCUT2D eigenvalue weighted by molar-refractivity contribution is 7.89. The van der Waals surface area contributed by atoms with Crippen molar-refractivity contribution in [1.29, 1.82) is 0 Å². The van der Waals surface area contributed by atoms with E-state index >= 15 is 0 Å². The normalized spacial score (nSPS) is 15.2. The molecule has 0 spiro atoms.